The highest BCUT2D eigenvalue weighted by molar-refractivity contribution is 5.79. The topological polar surface area (TPSA) is 84.3 Å². The molecule has 9 heteroatoms. The van der Waals surface area contributed by atoms with Gasteiger partial charge in [-0.3, -0.25) is 4.99 Å². The zero-order valence-electron chi connectivity index (χ0n) is 16.8. The van der Waals surface area contributed by atoms with Gasteiger partial charge in [-0.05, 0) is 43.9 Å². The van der Waals surface area contributed by atoms with E-state index < -0.39 is 12.7 Å². The Morgan fingerprint density at radius 3 is 2.62 bits per heavy atom. The first-order valence-electron chi connectivity index (χ1n) is 10.0. The summed E-state index contributed by atoms with van der Waals surface area (Å²) in [6, 6.07) is 5.89. The number of nitrogens with one attached hydrogen (secondary N) is 2. The number of nitrogens with zero attached hydrogens (tertiary/aromatic N) is 1. The minimum absolute atomic E-state index is 0.0532. The number of rotatable bonds is 11. The Morgan fingerprint density at radius 1 is 1.24 bits per heavy atom. The van der Waals surface area contributed by atoms with Gasteiger partial charge >= 0.3 is 6.61 Å². The Hall–Kier alpha value is -1.97. The molecule has 1 fully saturated rings. The van der Waals surface area contributed by atoms with Crippen LogP contribution in [0.3, 0.4) is 0 Å². The van der Waals surface area contributed by atoms with Gasteiger partial charge in [0.1, 0.15) is 5.75 Å². The molecule has 0 amide bonds. The van der Waals surface area contributed by atoms with E-state index in [9.17, 15) is 13.9 Å². The lowest BCUT2D eigenvalue weighted by Crippen LogP contribution is -2.38. The molecule has 1 aromatic carbocycles. The third-order valence-electron chi connectivity index (χ3n) is 4.39. The van der Waals surface area contributed by atoms with Crippen LogP contribution in [-0.2, 0) is 9.47 Å². The zero-order valence-corrected chi connectivity index (χ0v) is 16.8. The predicted molar refractivity (Wildman–Crippen MR) is 106 cm³/mol. The second kappa shape index (κ2) is 13.3. The molecule has 1 aromatic rings. The smallest absolute Gasteiger partial charge is 0.387 e. The van der Waals surface area contributed by atoms with Crippen molar-refractivity contribution in [2.75, 3.05) is 39.5 Å². The standard InChI is InChI=1S/C20H31F2N3O4/c1-2-23-20(24-10-3-11-28-16-8-12-27-13-9-16)25-14-18(26)15-4-6-17(7-5-15)29-19(21)22/h4-7,16,18-19,26H,2-3,8-14H2,1H3,(H2,23,24,25). The van der Waals surface area contributed by atoms with Gasteiger partial charge in [0.05, 0.1) is 18.8 Å². The fraction of sp³-hybridized carbons (Fsp3) is 0.650. The minimum atomic E-state index is -2.87. The SMILES string of the molecule is CCNC(=NCC(O)c1ccc(OC(F)F)cc1)NCCCOC1CCOCC1. The Labute approximate surface area is 170 Å². The summed E-state index contributed by atoms with van der Waals surface area (Å²) >= 11 is 0. The lowest BCUT2D eigenvalue weighted by atomic mass is 10.1. The van der Waals surface area contributed by atoms with Crippen LogP contribution >= 0.6 is 0 Å². The molecule has 2 rings (SSSR count). The van der Waals surface area contributed by atoms with E-state index in [1.54, 1.807) is 12.1 Å². The van der Waals surface area contributed by atoms with Crippen molar-refractivity contribution >= 4 is 5.96 Å². The van der Waals surface area contributed by atoms with E-state index in [0.717, 1.165) is 32.5 Å². The van der Waals surface area contributed by atoms with Gasteiger partial charge in [0.25, 0.3) is 0 Å². The van der Waals surface area contributed by atoms with Gasteiger partial charge in [-0.25, -0.2) is 0 Å². The molecule has 1 atom stereocenters. The van der Waals surface area contributed by atoms with Crippen LogP contribution in [0, 0.1) is 0 Å². The van der Waals surface area contributed by atoms with Gasteiger partial charge in [0, 0.05) is 32.9 Å². The molecule has 1 saturated heterocycles. The second-order valence-corrected chi connectivity index (χ2v) is 6.65. The van der Waals surface area contributed by atoms with Crippen molar-refractivity contribution in [1.82, 2.24) is 10.6 Å². The molecular formula is C20H31F2N3O4. The molecular weight excluding hydrogens is 384 g/mol. The fourth-order valence-electron chi connectivity index (χ4n) is 2.87. The minimum Gasteiger partial charge on any atom is -0.435 e. The first-order valence-corrected chi connectivity index (χ1v) is 10.0. The third-order valence-corrected chi connectivity index (χ3v) is 4.39. The number of aliphatic hydroxyl groups excluding tert-OH is 1. The van der Waals surface area contributed by atoms with Gasteiger partial charge in [-0.15, -0.1) is 0 Å². The molecule has 1 aliphatic rings. The summed E-state index contributed by atoms with van der Waals surface area (Å²) in [6.45, 7) is 2.84. The van der Waals surface area contributed by atoms with Crippen LogP contribution in [0.4, 0.5) is 8.78 Å². The molecule has 7 nitrogen and oxygen atoms in total. The maximum Gasteiger partial charge on any atom is 0.387 e. The van der Waals surface area contributed by atoms with Gasteiger partial charge in [0.2, 0.25) is 0 Å². The average Bonchev–Trinajstić information content (AvgIpc) is 2.72. The molecule has 164 valence electrons. The number of hydrogen-bond acceptors (Lipinski definition) is 5. The Balaban J connectivity index is 1.72. The molecule has 0 spiro atoms. The van der Waals surface area contributed by atoms with Crippen molar-refractivity contribution in [2.45, 2.75) is 45.0 Å². The molecule has 3 N–H and O–H groups in total. The normalized spacial score (nSPS) is 16.7. The highest BCUT2D eigenvalue weighted by Gasteiger charge is 2.13. The number of alkyl halides is 2. The molecule has 0 bridgehead atoms. The van der Waals surface area contributed by atoms with Crippen molar-refractivity contribution in [3.63, 3.8) is 0 Å². The van der Waals surface area contributed by atoms with Crippen LogP contribution in [0.15, 0.2) is 29.3 Å². The molecule has 0 saturated carbocycles. The summed E-state index contributed by atoms with van der Waals surface area (Å²) in [5.41, 5.74) is 0.580. The van der Waals surface area contributed by atoms with E-state index in [-0.39, 0.29) is 12.3 Å². The van der Waals surface area contributed by atoms with Crippen LogP contribution in [0.5, 0.6) is 5.75 Å². The fourth-order valence-corrected chi connectivity index (χ4v) is 2.87. The molecule has 1 unspecified atom stereocenters. The number of halogens is 2. The Kier molecular flexibility index (Phi) is 10.7. The first kappa shape index (κ1) is 23.3. The first-order chi connectivity index (χ1) is 14.1. The van der Waals surface area contributed by atoms with E-state index in [0.29, 0.717) is 37.3 Å². The van der Waals surface area contributed by atoms with E-state index in [1.807, 2.05) is 6.92 Å². The Morgan fingerprint density at radius 2 is 1.97 bits per heavy atom. The second-order valence-electron chi connectivity index (χ2n) is 6.65. The third kappa shape index (κ3) is 9.38. The summed E-state index contributed by atoms with van der Waals surface area (Å²) in [7, 11) is 0. The number of benzene rings is 1. The lowest BCUT2D eigenvalue weighted by molar-refractivity contribution is -0.0498. The van der Waals surface area contributed by atoms with E-state index in [4.69, 9.17) is 9.47 Å². The van der Waals surface area contributed by atoms with E-state index in [1.165, 1.54) is 12.1 Å². The number of hydrogen-bond donors (Lipinski definition) is 3. The summed E-state index contributed by atoms with van der Waals surface area (Å²) < 4.78 is 39.8. The summed E-state index contributed by atoms with van der Waals surface area (Å²) in [4.78, 5) is 4.38. The van der Waals surface area contributed by atoms with Crippen molar-refractivity contribution in [1.29, 1.82) is 0 Å². The van der Waals surface area contributed by atoms with Gasteiger partial charge in [-0.2, -0.15) is 8.78 Å². The van der Waals surface area contributed by atoms with Gasteiger partial charge in [-0.1, -0.05) is 12.1 Å². The monoisotopic (exact) mass is 415 g/mol. The number of guanidine groups is 1. The highest BCUT2D eigenvalue weighted by Crippen LogP contribution is 2.19. The Bertz CT molecular complexity index is 596. The number of aliphatic imine (C=N–C) groups is 1. The molecule has 29 heavy (non-hydrogen) atoms. The highest BCUT2D eigenvalue weighted by atomic mass is 19.3. The summed E-state index contributed by atoms with van der Waals surface area (Å²) in [5, 5.41) is 16.6. The number of aliphatic hydroxyl groups is 1. The summed E-state index contributed by atoms with van der Waals surface area (Å²) in [6.07, 6.45) is 2.19. The van der Waals surface area contributed by atoms with Crippen LogP contribution in [0.2, 0.25) is 0 Å². The maximum atomic E-state index is 12.2. The van der Waals surface area contributed by atoms with Crippen LogP contribution in [0.1, 0.15) is 37.9 Å². The average molecular weight is 415 g/mol. The molecule has 1 heterocycles. The molecule has 0 aromatic heterocycles. The quantitative estimate of drug-likeness (QED) is 0.293. The largest absolute Gasteiger partial charge is 0.435 e. The van der Waals surface area contributed by atoms with Crippen molar-refractivity contribution in [2.24, 2.45) is 4.99 Å². The molecule has 0 radical (unpaired) electrons. The summed E-state index contributed by atoms with van der Waals surface area (Å²) in [5.74, 6) is 0.660. The van der Waals surface area contributed by atoms with Crippen molar-refractivity contribution in [3.8, 4) is 5.75 Å². The molecule has 0 aliphatic carbocycles. The number of ether oxygens (including phenoxy) is 3. The van der Waals surface area contributed by atoms with Crippen LogP contribution in [0.25, 0.3) is 0 Å². The van der Waals surface area contributed by atoms with Crippen LogP contribution < -0.4 is 15.4 Å². The lowest BCUT2D eigenvalue weighted by Gasteiger charge is -2.22. The van der Waals surface area contributed by atoms with Gasteiger partial charge < -0.3 is 30.0 Å². The predicted octanol–water partition coefficient (Wildman–Crippen LogP) is 2.46. The van der Waals surface area contributed by atoms with E-state index >= 15 is 0 Å². The van der Waals surface area contributed by atoms with E-state index in [2.05, 4.69) is 20.4 Å². The zero-order chi connectivity index (χ0) is 20.9. The van der Waals surface area contributed by atoms with Crippen molar-refractivity contribution < 1.29 is 28.1 Å². The van der Waals surface area contributed by atoms with Gasteiger partial charge in [0.15, 0.2) is 5.96 Å². The van der Waals surface area contributed by atoms with Crippen LogP contribution in [-0.4, -0.2) is 63.2 Å². The van der Waals surface area contributed by atoms with Crippen molar-refractivity contribution in [3.05, 3.63) is 29.8 Å². The molecule has 1 aliphatic heterocycles. The maximum absolute atomic E-state index is 12.2.